The zero-order chi connectivity index (χ0) is 15.5. The van der Waals surface area contributed by atoms with Crippen LogP contribution in [0.15, 0.2) is 53.4 Å². The zero-order valence-corrected chi connectivity index (χ0v) is 11.5. The summed E-state index contributed by atoms with van der Waals surface area (Å²) in [6, 6.07) is 10.8. The Kier molecular flexibility index (Phi) is 4.20. The molecule has 0 aromatic heterocycles. The molecule has 110 valence electrons. The molecule has 2 aromatic rings. The van der Waals surface area contributed by atoms with Gasteiger partial charge in [0.25, 0.3) is 0 Å². The van der Waals surface area contributed by atoms with E-state index in [9.17, 15) is 17.6 Å². The minimum Gasteiger partial charge on any atom is -0.308 e. The fourth-order valence-corrected chi connectivity index (χ4v) is 2.18. The van der Waals surface area contributed by atoms with Gasteiger partial charge in [-0.25, -0.2) is 22.7 Å². The molecular formula is C13H12FN3O3S. The summed E-state index contributed by atoms with van der Waals surface area (Å²) in [6.45, 7) is 0. The monoisotopic (exact) mass is 309 g/mol. The van der Waals surface area contributed by atoms with E-state index in [1.54, 1.807) is 30.3 Å². The van der Waals surface area contributed by atoms with Gasteiger partial charge in [-0.2, -0.15) is 0 Å². The summed E-state index contributed by atoms with van der Waals surface area (Å²) in [6.07, 6.45) is 0. The molecule has 0 fully saturated rings. The molecule has 0 heterocycles. The number of carbonyl (C=O) groups excluding carboxylic acids is 1. The average Bonchev–Trinajstić information content (AvgIpc) is 2.37. The van der Waals surface area contributed by atoms with Crippen molar-refractivity contribution in [3.63, 3.8) is 0 Å². The van der Waals surface area contributed by atoms with Crippen molar-refractivity contribution in [2.45, 2.75) is 4.90 Å². The molecule has 8 heteroatoms. The number of benzene rings is 2. The summed E-state index contributed by atoms with van der Waals surface area (Å²) >= 11 is 0. The van der Waals surface area contributed by atoms with Gasteiger partial charge in [-0.15, -0.1) is 0 Å². The van der Waals surface area contributed by atoms with E-state index >= 15 is 0 Å². The largest absolute Gasteiger partial charge is 0.323 e. The van der Waals surface area contributed by atoms with Crippen molar-refractivity contribution in [2.24, 2.45) is 5.14 Å². The van der Waals surface area contributed by atoms with Gasteiger partial charge in [0, 0.05) is 11.4 Å². The summed E-state index contributed by atoms with van der Waals surface area (Å²) < 4.78 is 35.7. The quantitative estimate of drug-likeness (QED) is 0.809. The highest BCUT2D eigenvalue weighted by Gasteiger charge is 2.12. The summed E-state index contributed by atoms with van der Waals surface area (Å²) in [5.41, 5.74) is 0.519. The normalized spacial score (nSPS) is 11.0. The predicted octanol–water partition coefficient (Wildman–Crippen LogP) is 2.12. The van der Waals surface area contributed by atoms with E-state index in [1.807, 2.05) is 0 Å². The number of sulfonamides is 1. The van der Waals surface area contributed by atoms with Crippen molar-refractivity contribution in [2.75, 3.05) is 10.6 Å². The summed E-state index contributed by atoms with van der Waals surface area (Å²) in [7, 11) is -4.05. The lowest BCUT2D eigenvalue weighted by Gasteiger charge is -2.09. The van der Waals surface area contributed by atoms with Crippen LogP contribution in [0.3, 0.4) is 0 Å². The predicted molar refractivity (Wildman–Crippen MR) is 76.9 cm³/mol. The summed E-state index contributed by atoms with van der Waals surface area (Å²) in [4.78, 5) is 11.3. The van der Waals surface area contributed by atoms with Crippen LogP contribution in [0.2, 0.25) is 0 Å². The Morgan fingerprint density at radius 1 is 1.00 bits per heavy atom. The van der Waals surface area contributed by atoms with Gasteiger partial charge in [-0.3, -0.25) is 0 Å². The molecule has 0 aliphatic heterocycles. The number of hydrogen-bond acceptors (Lipinski definition) is 3. The van der Waals surface area contributed by atoms with E-state index in [2.05, 4.69) is 10.6 Å². The van der Waals surface area contributed by atoms with Crippen LogP contribution < -0.4 is 15.8 Å². The molecule has 2 rings (SSSR count). The minimum atomic E-state index is -4.05. The molecule has 0 aliphatic carbocycles. The molecule has 0 spiro atoms. The van der Waals surface area contributed by atoms with Gasteiger partial charge in [0.1, 0.15) is 5.82 Å². The Bertz CT molecular complexity index is 763. The Labute approximate surface area is 120 Å². The van der Waals surface area contributed by atoms with Gasteiger partial charge in [0.15, 0.2) is 0 Å². The lowest BCUT2D eigenvalue weighted by atomic mass is 10.3. The molecule has 0 bridgehead atoms. The van der Waals surface area contributed by atoms with Crippen LogP contribution in [-0.4, -0.2) is 14.4 Å². The second kappa shape index (κ2) is 5.90. The number of para-hydroxylation sites is 1. The van der Waals surface area contributed by atoms with Crippen molar-refractivity contribution in [3.8, 4) is 0 Å². The molecular weight excluding hydrogens is 297 g/mol. The van der Waals surface area contributed by atoms with E-state index in [1.165, 1.54) is 0 Å². The second-order valence-electron chi connectivity index (χ2n) is 4.17. The van der Waals surface area contributed by atoms with E-state index in [-0.39, 0.29) is 5.69 Å². The third-order valence-electron chi connectivity index (χ3n) is 2.49. The zero-order valence-electron chi connectivity index (χ0n) is 10.7. The molecule has 0 saturated heterocycles. The Morgan fingerprint density at radius 3 is 2.24 bits per heavy atom. The van der Waals surface area contributed by atoms with Gasteiger partial charge < -0.3 is 10.6 Å². The maximum atomic E-state index is 13.3. The summed E-state index contributed by atoms with van der Waals surface area (Å²) in [5.74, 6) is -0.823. The van der Waals surface area contributed by atoms with E-state index < -0.39 is 26.8 Å². The lowest BCUT2D eigenvalue weighted by Crippen LogP contribution is -2.20. The number of anilines is 2. The maximum absolute atomic E-state index is 13.3. The number of carbonyl (C=O) groups is 1. The fraction of sp³-hybridized carbons (Fsp3) is 0. The molecule has 6 nitrogen and oxygen atoms in total. The number of hydrogen-bond donors (Lipinski definition) is 3. The van der Waals surface area contributed by atoms with Gasteiger partial charge in [0.2, 0.25) is 10.0 Å². The third kappa shape index (κ3) is 4.26. The van der Waals surface area contributed by atoms with E-state index in [0.29, 0.717) is 5.69 Å². The van der Waals surface area contributed by atoms with Crippen LogP contribution in [0.4, 0.5) is 20.6 Å². The first kappa shape index (κ1) is 14.9. The number of urea groups is 1. The Morgan fingerprint density at radius 2 is 1.62 bits per heavy atom. The molecule has 2 aromatic carbocycles. The SMILES string of the molecule is NS(=O)(=O)c1cc(F)cc(NC(=O)Nc2ccccc2)c1. The molecule has 0 atom stereocenters. The van der Waals surface area contributed by atoms with Crippen molar-refractivity contribution in [1.29, 1.82) is 0 Å². The highest BCUT2D eigenvalue weighted by molar-refractivity contribution is 7.89. The first-order chi connectivity index (χ1) is 9.84. The van der Waals surface area contributed by atoms with Gasteiger partial charge in [-0.1, -0.05) is 18.2 Å². The molecule has 0 aliphatic rings. The number of nitrogens with one attached hydrogen (secondary N) is 2. The third-order valence-corrected chi connectivity index (χ3v) is 3.38. The standard InChI is InChI=1S/C13H12FN3O3S/c14-9-6-11(8-12(7-9)21(15,19)20)17-13(18)16-10-4-2-1-3-5-10/h1-8H,(H2,15,19,20)(H2,16,17,18). The second-order valence-corrected chi connectivity index (χ2v) is 5.73. The maximum Gasteiger partial charge on any atom is 0.323 e. The van der Waals surface area contributed by atoms with Crippen molar-refractivity contribution >= 4 is 27.4 Å². The van der Waals surface area contributed by atoms with Crippen LogP contribution in [0.5, 0.6) is 0 Å². The fourth-order valence-electron chi connectivity index (χ4n) is 1.61. The number of rotatable bonds is 3. The van der Waals surface area contributed by atoms with Crippen LogP contribution in [0.1, 0.15) is 0 Å². The van der Waals surface area contributed by atoms with Crippen molar-refractivity contribution in [3.05, 3.63) is 54.3 Å². The van der Waals surface area contributed by atoms with Gasteiger partial charge >= 0.3 is 6.03 Å². The minimum absolute atomic E-state index is 0.0209. The Hall–Kier alpha value is -2.45. The topological polar surface area (TPSA) is 101 Å². The van der Waals surface area contributed by atoms with Crippen LogP contribution >= 0.6 is 0 Å². The number of primary sulfonamides is 1. The number of nitrogens with two attached hydrogens (primary N) is 1. The molecule has 2 amide bonds. The highest BCUT2D eigenvalue weighted by atomic mass is 32.2. The molecule has 0 radical (unpaired) electrons. The number of halogens is 1. The van der Waals surface area contributed by atoms with Gasteiger partial charge in [0.05, 0.1) is 4.90 Å². The molecule has 0 saturated carbocycles. The molecule has 0 unspecified atom stereocenters. The highest BCUT2D eigenvalue weighted by Crippen LogP contribution is 2.17. The lowest BCUT2D eigenvalue weighted by molar-refractivity contribution is 0.262. The van der Waals surface area contributed by atoms with Crippen LogP contribution in [0.25, 0.3) is 0 Å². The molecule has 21 heavy (non-hydrogen) atoms. The van der Waals surface area contributed by atoms with Crippen molar-refractivity contribution < 1.29 is 17.6 Å². The van der Waals surface area contributed by atoms with Crippen LogP contribution in [-0.2, 0) is 10.0 Å². The van der Waals surface area contributed by atoms with Gasteiger partial charge in [-0.05, 0) is 30.3 Å². The first-order valence-electron chi connectivity index (χ1n) is 5.81. The van der Waals surface area contributed by atoms with Crippen LogP contribution in [0, 0.1) is 5.82 Å². The van der Waals surface area contributed by atoms with E-state index in [4.69, 9.17) is 5.14 Å². The Balaban J connectivity index is 2.16. The number of amides is 2. The average molecular weight is 309 g/mol. The summed E-state index contributed by atoms with van der Waals surface area (Å²) in [5, 5.41) is 9.77. The van der Waals surface area contributed by atoms with Crippen molar-refractivity contribution in [1.82, 2.24) is 0 Å². The molecule has 4 N–H and O–H groups in total. The van der Waals surface area contributed by atoms with E-state index in [0.717, 1.165) is 18.2 Å². The first-order valence-corrected chi connectivity index (χ1v) is 7.36. The smallest absolute Gasteiger partial charge is 0.308 e.